The minimum Gasteiger partial charge on any atom is -0.469 e. The molecule has 1 aromatic carbocycles. The Balaban J connectivity index is 0.850. The predicted octanol–water partition coefficient (Wildman–Crippen LogP) is 8.73. The number of aliphatic hydroxyl groups is 3. The Morgan fingerprint density at radius 3 is 2.56 bits per heavy atom. The molecular formula is C67H84N2O11. The number of esters is 2. The predicted molar refractivity (Wildman–Crippen MR) is 291 cm³/mol. The molecule has 428 valence electrons. The summed E-state index contributed by atoms with van der Waals surface area (Å²) in [5, 5.41) is 40.9. The quantitative estimate of drug-likeness (QED) is 0.101. The lowest BCUT2D eigenvalue weighted by Gasteiger charge is -2.73. The van der Waals surface area contributed by atoms with E-state index in [1.54, 1.807) is 6.26 Å². The van der Waals surface area contributed by atoms with Gasteiger partial charge in [-0.1, -0.05) is 87.9 Å². The van der Waals surface area contributed by atoms with E-state index in [4.69, 9.17) is 23.4 Å². The summed E-state index contributed by atoms with van der Waals surface area (Å²) in [5.41, 5.74) is -3.77. The van der Waals surface area contributed by atoms with Crippen LogP contribution in [0.15, 0.2) is 71.0 Å². The molecule has 0 amide bonds. The molecule has 8 saturated carbocycles. The number of furan rings is 1. The minimum absolute atomic E-state index is 0.0707. The van der Waals surface area contributed by atoms with Crippen molar-refractivity contribution in [3.63, 3.8) is 0 Å². The van der Waals surface area contributed by atoms with Gasteiger partial charge in [0, 0.05) is 35.4 Å². The molecule has 0 radical (unpaired) electrons. The van der Waals surface area contributed by atoms with Crippen LogP contribution in [-0.2, 0) is 46.2 Å². The zero-order valence-corrected chi connectivity index (χ0v) is 46.8. The van der Waals surface area contributed by atoms with E-state index in [1.807, 2.05) is 6.07 Å². The Morgan fingerprint density at radius 2 is 1.71 bits per heavy atom. The van der Waals surface area contributed by atoms with Crippen LogP contribution < -0.4 is 5.32 Å². The number of nitrogens with zero attached hydrogens (tertiary/aromatic N) is 1. The van der Waals surface area contributed by atoms with Crippen molar-refractivity contribution in [2.45, 2.75) is 189 Å². The lowest BCUT2D eigenvalue weighted by Crippen LogP contribution is -2.82. The summed E-state index contributed by atoms with van der Waals surface area (Å²) < 4.78 is 36.5. The topological polar surface area (TPSA) is 181 Å². The first kappa shape index (κ1) is 50.6. The summed E-state index contributed by atoms with van der Waals surface area (Å²) in [6.07, 6.45) is 22.9. The van der Waals surface area contributed by atoms with E-state index in [2.05, 4.69) is 65.8 Å². The number of fused-ring (bicyclic) bond motifs is 5. The van der Waals surface area contributed by atoms with Crippen LogP contribution in [0.25, 0.3) is 0 Å². The second-order valence-corrected chi connectivity index (χ2v) is 29.7. The second-order valence-electron chi connectivity index (χ2n) is 29.7. The van der Waals surface area contributed by atoms with E-state index in [9.17, 15) is 15.3 Å². The fraction of sp³-hybridized carbons (Fsp3) is 0.746. The molecule has 7 aliphatic heterocycles. The van der Waals surface area contributed by atoms with E-state index >= 15 is 14.4 Å². The number of cyclic esters (lactones) is 2. The molecule has 8 heterocycles. The van der Waals surface area contributed by atoms with Crippen LogP contribution in [0.5, 0.6) is 0 Å². The van der Waals surface area contributed by atoms with E-state index in [-0.39, 0.29) is 72.3 Å². The number of Topliss-reactive ketones (excluding diaryl/α,β-unsaturated/α-hetero) is 1. The van der Waals surface area contributed by atoms with Gasteiger partial charge in [0.25, 0.3) is 0 Å². The van der Waals surface area contributed by atoms with Crippen molar-refractivity contribution in [1.82, 2.24) is 10.2 Å². The van der Waals surface area contributed by atoms with Crippen LogP contribution in [0.4, 0.5) is 0 Å². The van der Waals surface area contributed by atoms with Gasteiger partial charge in [-0.05, 0) is 178 Å². The zero-order valence-electron chi connectivity index (χ0n) is 46.8. The average molecular weight is 1090 g/mol. The fourth-order valence-corrected chi connectivity index (χ4v) is 25.1. The van der Waals surface area contributed by atoms with Crippen LogP contribution >= 0.6 is 0 Å². The number of nitrogens with one attached hydrogen (secondary N) is 1. The monoisotopic (exact) mass is 1090 g/mol. The maximum Gasteiger partial charge on any atom is 0.339 e. The average Bonchev–Trinajstić information content (AvgIpc) is 2.37. The standard InChI is InChI=1S/C67H84N2O11/c1-61-31-41-32-62-22-9-16-43(62)29-45-19-23-64(42-13-6-3-7-14-42)54-52(72)56(73)65(44-15-8-12-38(27-44)26-37-10-4-2-5-11-37,53(41)63(54)35-77-59(74)55(62)66(45,63)80-64)67(61)58(79-67)60(75)78-57(61)47-21-25-76-51(47)30-48(50(71)34-70)39-17-18-46-40(28-39)20-24-69-36-68-33-49(46)69/h2,4-5,10-11,19-21,24-25,38-44,46,48-50,53-58,68,70-71,73H,3,6-9,12-18,22-23,26-36H2,1H3. The van der Waals surface area contributed by atoms with Crippen LogP contribution in [0, 0.1) is 92.7 Å². The number of carbonyl (C=O) groups is 3. The number of rotatable bonds is 10. The van der Waals surface area contributed by atoms with Gasteiger partial charge in [0.15, 0.2) is 11.9 Å². The van der Waals surface area contributed by atoms with E-state index in [0.717, 1.165) is 134 Å². The van der Waals surface area contributed by atoms with Crippen LogP contribution in [0.3, 0.4) is 0 Å². The summed E-state index contributed by atoms with van der Waals surface area (Å²) in [7, 11) is 0. The lowest BCUT2D eigenvalue weighted by atomic mass is 9.29. The molecule has 4 spiro atoms. The normalized spacial score (nSPS) is 50.6. The molecular weight excluding hydrogens is 1010 g/mol. The van der Waals surface area contributed by atoms with Gasteiger partial charge in [-0.3, -0.25) is 14.9 Å². The number of carbonyl (C=O) groups excluding carboxylic acids is 3. The number of ether oxygens (including phenoxy) is 4. The number of hydrogen-bond donors (Lipinski definition) is 4. The van der Waals surface area contributed by atoms with Gasteiger partial charge in [0.1, 0.15) is 35.8 Å². The zero-order chi connectivity index (χ0) is 53.9. The largest absolute Gasteiger partial charge is 0.469 e. The summed E-state index contributed by atoms with van der Waals surface area (Å²) in [4.78, 5) is 50.8. The highest BCUT2D eigenvalue weighted by Gasteiger charge is 2.98. The second kappa shape index (κ2) is 17.4. The van der Waals surface area contributed by atoms with E-state index < -0.39 is 80.7 Å². The van der Waals surface area contributed by atoms with E-state index in [0.29, 0.717) is 42.9 Å². The molecule has 17 rings (SSSR count). The molecule has 15 aliphatic rings. The van der Waals surface area contributed by atoms with Gasteiger partial charge < -0.3 is 43.6 Å². The van der Waals surface area contributed by atoms with Crippen molar-refractivity contribution in [3.05, 3.63) is 83.5 Å². The van der Waals surface area contributed by atoms with Gasteiger partial charge in [-0.2, -0.15) is 0 Å². The van der Waals surface area contributed by atoms with Crippen molar-refractivity contribution >= 4 is 17.7 Å². The van der Waals surface area contributed by atoms with Crippen molar-refractivity contribution < 1.29 is 53.1 Å². The Hall–Kier alpha value is -3.85. The molecule has 8 aliphatic carbocycles. The first-order valence-corrected chi connectivity index (χ1v) is 32.1. The third-order valence-corrected chi connectivity index (χ3v) is 27.3. The molecule has 23 unspecified atom stereocenters. The summed E-state index contributed by atoms with van der Waals surface area (Å²) in [5.74, 6) is -0.822. The van der Waals surface area contributed by atoms with E-state index in [1.165, 1.54) is 11.1 Å². The summed E-state index contributed by atoms with van der Waals surface area (Å²) >= 11 is 0. The van der Waals surface area contributed by atoms with Gasteiger partial charge in [-0.15, -0.1) is 0 Å². The van der Waals surface area contributed by atoms with Crippen molar-refractivity contribution in [2.75, 3.05) is 26.4 Å². The van der Waals surface area contributed by atoms with Gasteiger partial charge in [0.05, 0.1) is 48.5 Å². The maximum absolute atomic E-state index is 17.2. The highest BCUT2D eigenvalue weighted by atomic mass is 16.7. The van der Waals surface area contributed by atoms with Gasteiger partial charge in [0.2, 0.25) is 0 Å². The summed E-state index contributed by atoms with van der Waals surface area (Å²) in [6, 6.07) is 13.2. The van der Waals surface area contributed by atoms with Gasteiger partial charge in [-0.25, -0.2) is 4.79 Å². The number of aliphatic hydroxyl groups excluding tert-OH is 3. The maximum atomic E-state index is 17.2. The number of epoxide rings is 1. The molecule has 13 heteroatoms. The molecule has 13 fully saturated rings. The van der Waals surface area contributed by atoms with Crippen LogP contribution in [-0.4, -0.2) is 106 Å². The molecule has 13 nitrogen and oxygen atoms in total. The number of ketones is 1. The van der Waals surface area contributed by atoms with Gasteiger partial charge >= 0.3 is 11.9 Å². The Labute approximate surface area is 470 Å². The Bertz CT molecular complexity index is 2950. The van der Waals surface area contributed by atoms with Crippen LogP contribution in [0.2, 0.25) is 0 Å². The van der Waals surface area contributed by atoms with Crippen molar-refractivity contribution in [1.29, 1.82) is 0 Å². The van der Waals surface area contributed by atoms with Crippen molar-refractivity contribution in [3.8, 4) is 0 Å². The number of hydrogen-bond acceptors (Lipinski definition) is 13. The minimum atomic E-state index is -1.47. The third kappa shape index (κ3) is 6.00. The summed E-state index contributed by atoms with van der Waals surface area (Å²) in [6.45, 7) is 3.82. The third-order valence-electron chi connectivity index (χ3n) is 27.3. The molecule has 5 bridgehead atoms. The highest BCUT2D eigenvalue weighted by molar-refractivity contribution is 5.94. The SMILES string of the molecule is CC12CC3CC45CCCC4CC4=CCC6(C7CCCCC7)OC47C5C(=O)OCC74C6C(=O)C(O)C(C5CCCC(Cc6ccccc6)C5)(C34)C13OC3C(=O)OC2c1ccoc1CC(C(O)CO)C1CCC2C(C=CN3CNCC23)C1. The van der Waals surface area contributed by atoms with Crippen molar-refractivity contribution in [2.24, 2.45) is 92.7 Å². The Morgan fingerprint density at radius 1 is 0.875 bits per heavy atom. The Kier molecular flexibility index (Phi) is 11.0. The number of benzene rings is 1. The molecule has 2 aromatic rings. The first-order chi connectivity index (χ1) is 38.9. The molecule has 80 heavy (non-hydrogen) atoms. The molecule has 23 atom stereocenters. The molecule has 1 aromatic heterocycles. The lowest BCUT2D eigenvalue weighted by molar-refractivity contribution is -0.300. The highest BCUT2D eigenvalue weighted by Crippen LogP contribution is 2.90. The number of allylic oxidation sites excluding steroid dienone is 1. The smallest absolute Gasteiger partial charge is 0.339 e. The van der Waals surface area contributed by atoms with Crippen LogP contribution in [0.1, 0.15) is 152 Å². The molecule has 5 saturated heterocycles. The fourth-order valence-electron chi connectivity index (χ4n) is 25.1. The first-order valence-electron chi connectivity index (χ1n) is 32.1. The molecule has 4 N–H and O–H groups in total.